The molecule has 1 rings (SSSR count). The maximum absolute atomic E-state index is 12.9. The van der Waals surface area contributed by atoms with Gasteiger partial charge in [-0.2, -0.15) is 13.2 Å². The van der Waals surface area contributed by atoms with Crippen LogP contribution in [0.1, 0.15) is 43.9 Å². The van der Waals surface area contributed by atoms with Gasteiger partial charge in [-0.1, -0.05) is 28.1 Å². The zero-order valence-corrected chi connectivity index (χ0v) is 16.5. The first-order valence-electron chi connectivity index (χ1n) is 8.14. The van der Waals surface area contributed by atoms with Crippen LogP contribution >= 0.6 is 15.9 Å². The number of hydrogen-bond donors (Lipinski definition) is 3. The van der Waals surface area contributed by atoms with Crippen molar-refractivity contribution >= 4 is 28.1 Å². The van der Waals surface area contributed by atoms with Crippen molar-refractivity contribution in [2.75, 3.05) is 11.9 Å². The van der Waals surface area contributed by atoms with Gasteiger partial charge in [0.2, 0.25) is 0 Å². The van der Waals surface area contributed by atoms with E-state index in [9.17, 15) is 22.8 Å². The van der Waals surface area contributed by atoms with Crippen molar-refractivity contribution in [2.24, 2.45) is 0 Å². The van der Waals surface area contributed by atoms with Crippen molar-refractivity contribution in [3.05, 3.63) is 35.4 Å². The Morgan fingerprint density at radius 1 is 1.30 bits per heavy atom. The standard InChI is InChI=1S/C17H22BrF3N2O4/c1-16(2,7-4-8-18)27-15(26)23-13(10-22-14(24)25)11-5-3-6-12(9-11)17(19,20)21/h3,5-6,9,13,22H,4,7-8,10H2,1-2H3,(H,23,26)(H,24,25). The molecule has 1 aromatic carbocycles. The summed E-state index contributed by atoms with van der Waals surface area (Å²) in [5.41, 5.74) is -1.57. The number of hydrogen-bond acceptors (Lipinski definition) is 3. The summed E-state index contributed by atoms with van der Waals surface area (Å²) in [6.45, 7) is 3.11. The molecule has 0 aliphatic heterocycles. The lowest BCUT2D eigenvalue weighted by Gasteiger charge is -2.27. The first-order chi connectivity index (χ1) is 12.4. The second kappa shape index (κ2) is 9.82. The highest BCUT2D eigenvalue weighted by Crippen LogP contribution is 2.30. The molecule has 2 amide bonds. The minimum Gasteiger partial charge on any atom is -0.465 e. The van der Waals surface area contributed by atoms with Crippen LogP contribution in [0.4, 0.5) is 22.8 Å². The first kappa shape index (κ1) is 23.1. The van der Waals surface area contributed by atoms with Gasteiger partial charge in [-0.25, -0.2) is 9.59 Å². The fourth-order valence-corrected chi connectivity index (χ4v) is 2.62. The van der Waals surface area contributed by atoms with Crippen LogP contribution < -0.4 is 10.6 Å². The van der Waals surface area contributed by atoms with E-state index in [1.165, 1.54) is 12.1 Å². The van der Waals surface area contributed by atoms with Crippen LogP contribution in [0, 0.1) is 0 Å². The van der Waals surface area contributed by atoms with Crippen LogP contribution in [0.25, 0.3) is 0 Å². The average molecular weight is 455 g/mol. The number of alkyl carbamates (subject to hydrolysis) is 1. The van der Waals surface area contributed by atoms with Gasteiger partial charge in [0.05, 0.1) is 11.6 Å². The molecule has 0 fully saturated rings. The molecule has 0 aliphatic rings. The molecular weight excluding hydrogens is 433 g/mol. The monoisotopic (exact) mass is 454 g/mol. The van der Waals surface area contributed by atoms with Crippen LogP contribution in [0.3, 0.4) is 0 Å². The van der Waals surface area contributed by atoms with Crippen LogP contribution in [-0.4, -0.2) is 34.8 Å². The minimum absolute atomic E-state index is 0.105. The Morgan fingerprint density at radius 3 is 2.52 bits per heavy atom. The Hall–Kier alpha value is -1.97. The molecule has 0 aromatic heterocycles. The summed E-state index contributed by atoms with van der Waals surface area (Å²) in [5.74, 6) is 0. The number of alkyl halides is 4. The van der Waals surface area contributed by atoms with E-state index in [1.54, 1.807) is 13.8 Å². The number of amides is 2. The Kier molecular flexibility index (Phi) is 8.39. The van der Waals surface area contributed by atoms with Crippen molar-refractivity contribution < 1.29 is 32.6 Å². The summed E-state index contributed by atoms with van der Waals surface area (Å²) in [6.07, 6.45) is -5.42. The maximum atomic E-state index is 12.9. The van der Waals surface area contributed by atoms with Gasteiger partial charge in [0.1, 0.15) is 5.60 Å². The zero-order chi connectivity index (χ0) is 20.7. The van der Waals surface area contributed by atoms with Gasteiger partial charge in [0.25, 0.3) is 0 Å². The molecule has 6 nitrogen and oxygen atoms in total. The van der Waals surface area contributed by atoms with Crippen molar-refractivity contribution in [2.45, 2.75) is 44.5 Å². The van der Waals surface area contributed by atoms with E-state index < -0.39 is 35.6 Å². The van der Waals surface area contributed by atoms with E-state index in [2.05, 4.69) is 26.6 Å². The van der Waals surface area contributed by atoms with Crippen molar-refractivity contribution in [3.63, 3.8) is 0 Å². The van der Waals surface area contributed by atoms with Gasteiger partial charge >= 0.3 is 18.4 Å². The first-order valence-corrected chi connectivity index (χ1v) is 9.26. The SMILES string of the molecule is CC(C)(CCCBr)OC(=O)NC(CNC(=O)O)c1cccc(C(F)(F)F)c1. The van der Waals surface area contributed by atoms with Gasteiger partial charge in [-0.05, 0) is 44.4 Å². The van der Waals surface area contributed by atoms with Crippen LogP contribution in [-0.2, 0) is 10.9 Å². The third-order valence-electron chi connectivity index (χ3n) is 3.65. The molecule has 0 saturated carbocycles. The molecule has 152 valence electrons. The topological polar surface area (TPSA) is 87.7 Å². The third kappa shape index (κ3) is 8.51. The normalized spacial score (nSPS) is 13.0. The second-order valence-electron chi connectivity index (χ2n) is 6.45. The summed E-state index contributed by atoms with van der Waals surface area (Å²) < 4.78 is 44.1. The quantitative estimate of drug-likeness (QED) is 0.497. The van der Waals surface area contributed by atoms with E-state index >= 15 is 0 Å². The molecular formula is C17H22BrF3N2O4. The number of nitrogens with one attached hydrogen (secondary N) is 2. The molecule has 0 radical (unpaired) electrons. The van der Waals surface area contributed by atoms with Gasteiger partial charge in [0.15, 0.2) is 0 Å². The lowest BCUT2D eigenvalue weighted by Crippen LogP contribution is -2.41. The van der Waals surface area contributed by atoms with Gasteiger partial charge in [-0.3, -0.25) is 0 Å². The number of carbonyl (C=O) groups excluding carboxylic acids is 1. The van der Waals surface area contributed by atoms with E-state index in [0.717, 1.165) is 23.9 Å². The third-order valence-corrected chi connectivity index (χ3v) is 4.21. The summed E-state index contributed by atoms with van der Waals surface area (Å²) in [5, 5.41) is 14.0. The Labute approximate surface area is 163 Å². The number of benzene rings is 1. The van der Waals surface area contributed by atoms with Crippen molar-refractivity contribution in [1.29, 1.82) is 0 Å². The number of halogens is 4. The van der Waals surface area contributed by atoms with Crippen LogP contribution in [0.2, 0.25) is 0 Å². The molecule has 0 heterocycles. The number of carboxylic acid groups (broad SMARTS) is 1. The Balaban J connectivity index is 2.95. The molecule has 1 unspecified atom stereocenters. The van der Waals surface area contributed by atoms with Crippen molar-refractivity contribution in [1.82, 2.24) is 10.6 Å². The largest absolute Gasteiger partial charge is 0.465 e. The number of ether oxygens (including phenoxy) is 1. The minimum atomic E-state index is -4.56. The fourth-order valence-electron chi connectivity index (χ4n) is 2.34. The molecule has 1 aromatic rings. The van der Waals surface area contributed by atoms with Crippen molar-refractivity contribution in [3.8, 4) is 0 Å². The lowest BCUT2D eigenvalue weighted by atomic mass is 10.0. The molecule has 10 heteroatoms. The fraction of sp³-hybridized carbons (Fsp3) is 0.529. The number of rotatable bonds is 8. The molecule has 0 spiro atoms. The predicted octanol–water partition coefficient (Wildman–Crippen LogP) is 4.69. The van der Waals surface area contributed by atoms with E-state index in [1.807, 2.05) is 0 Å². The maximum Gasteiger partial charge on any atom is 0.416 e. The van der Waals surface area contributed by atoms with E-state index in [0.29, 0.717) is 6.42 Å². The van der Waals surface area contributed by atoms with Gasteiger partial charge < -0.3 is 20.5 Å². The molecule has 1 atom stereocenters. The van der Waals surface area contributed by atoms with E-state index in [-0.39, 0.29) is 12.1 Å². The van der Waals surface area contributed by atoms with Crippen LogP contribution in [0.5, 0.6) is 0 Å². The smallest absolute Gasteiger partial charge is 0.416 e. The lowest BCUT2D eigenvalue weighted by molar-refractivity contribution is -0.137. The zero-order valence-electron chi connectivity index (χ0n) is 14.9. The number of carbonyl (C=O) groups is 2. The highest BCUT2D eigenvalue weighted by Gasteiger charge is 2.31. The molecule has 0 aliphatic carbocycles. The highest BCUT2D eigenvalue weighted by atomic mass is 79.9. The van der Waals surface area contributed by atoms with Gasteiger partial charge in [-0.15, -0.1) is 0 Å². The van der Waals surface area contributed by atoms with Crippen LogP contribution in [0.15, 0.2) is 24.3 Å². The average Bonchev–Trinajstić information content (AvgIpc) is 2.55. The Bertz CT molecular complexity index is 653. The van der Waals surface area contributed by atoms with E-state index in [4.69, 9.17) is 9.84 Å². The molecule has 0 bridgehead atoms. The summed E-state index contributed by atoms with van der Waals surface area (Å²) >= 11 is 3.28. The highest BCUT2D eigenvalue weighted by molar-refractivity contribution is 9.09. The summed E-state index contributed by atoms with van der Waals surface area (Å²) in [7, 11) is 0. The molecule has 3 N–H and O–H groups in total. The molecule has 0 saturated heterocycles. The van der Waals surface area contributed by atoms with Gasteiger partial charge in [0, 0.05) is 11.9 Å². The summed E-state index contributed by atoms with van der Waals surface area (Å²) in [4.78, 5) is 22.9. The summed E-state index contributed by atoms with van der Waals surface area (Å²) in [6, 6.07) is 3.30. The predicted molar refractivity (Wildman–Crippen MR) is 96.9 cm³/mol. The second-order valence-corrected chi connectivity index (χ2v) is 7.24. The molecule has 27 heavy (non-hydrogen) atoms. The Morgan fingerprint density at radius 2 is 1.96 bits per heavy atom.